The topological polar surface area (TPSA) is 49.6 Å². The van der Waals surface area contributed by atoms with E-state index >= 15 is 0 Å². The van der Waals surface area contributed by atoms with Crippen molar-refractivity contribution in [1.82, 2.24) is 9.97 Å². The quantitative estimate of drug-likeness (QED) is 0.775. The van der Waals surface area contributed by atoms with Crippen molar-refractivity contribution in [2.75, 3.05) is 0 Å². The van der Waals surface area contributed by atoms with Crippen LogP contribution in [-0.2, 0) is 0 Å². The maximum Gasteiger partial charge on any atom is 0.136 e. The number of rotatable bonds is 2. The number of hydrogen-bond donors (Lipinski definition) is 0. The van der Waals surface area contributed by atoms with Crippen LogP contribution in [0, 0.1) is 18.3 Å². The van der Waals surface area contributed by atoms with E-state index in [0.29, 0.717) is 10.0 Å². The van der Waals surface area contributed by atoms with Gasteiger partial charge in [0.2, 0.25) is 0 Å². The van der Waals surface area contributed by atoms with E-state index in [2.05, 4.69) is 16.0 Å². The van der Waals surface area contributed by atoms with E-state index in [4.69, 9.17) is 16.9 Å². The first-order valence-corrected chi connectivity index (χ1v) is 6.76. The van der Waals surface area contributed by atoms with Crippen molar-refractivity contribution in [3.63, 3.8) is 0 Å². The summed E-state index contributed by atoms with van der Waals surface area (Å²) in [5.74, 6) is 0.949. The maximum atomic E-state index is 8.87. The van der Waals surface area contributed by atoms with Crippen molar-refractivity contribution in [1.29, 1.82) is 5.26 Å². The Morgan fingerprint density at radius 3 is 2.61 bits per heavy atom. The molecule has 0 aliphatic carbocycles. The fourth-order valence-corrected chi connectivity index (χ4v) is 2.56. The summed E-state index contributed by atoms with van der Waals surface area (Å²) in [6.45, 7) is 5.95. The minimum absolute atomic E-state index is 0.220. The molecule has 5 heteroatoms. The van der Waals surface area contributed by atoms with E-state index in [-0.39, 0.29) is 5.92 Å². The SMILES string of the molecule is Cc1c(Cl)nc(C(C)C)nc1-c1ccc(C#N)s1. The maximum absolute atomic E-state index is 8.87. The highest BCUT2D eigenvalue weighted by molar-refractivity contribution is 7.16. The predicted octanol–water partition coefficient (Wildman–Crippen LogP) is 4.16. The molecule has 0 bridgehead atoms. The van der Waals surface area contributed by atoms with Gasteiger partial charge in [-0.3, -0.25) is 0 Å². The lowest BCUT2D eigenvalue weighted by Crippen LogP contribution is -2.01. The molecular formula is C13H12ClN3S. The normalized spacial score (nSPS) is 10.7. The van der Waals surface area contributed by atoms with Gasteiger partial charge in [0.05, 0.1) is 10.6 Å². The second-order valence-electron chi connectivity index (χ2n) is 4.28. The van der Waals surface area contributed by atoms with Gasteiger partial charge in [0.25, 0.3) is 0 Å². The molecule has 2 aromatic rings. The van der Waals surface area contributed by atoms with Gasteiger partial charge in [-0.25, -0.2) is 9.97 Å². The lowest BCUT2D eigenvalue weighted by molar-refractivity contribution is 0.774. The second-order valence-corrected chi connectivity index (χ2v) is 5.72. The number of halogens is 1. The highest BCUT2D eigenvalue weighted by Crippen LogP contribution is 2.32. The number of nitriles is 1. The molecule has 0 aliphatic heterocycles. The van der Waals surface area contributed by atoms with Gasteiger partial charge in [-0.2, -0.15) is 5.26 Å². The third kappa shape index (κ3) is 2.38. The standard InChI is InChI=1S/C13H12ClN3S/c1-7(2)13-16-11(8(3)12(14)17-13)10-5-4-9(6-15)18-10/h4-5,7H,1-3H3. The van der Waals surface area contributed by atoms with Crippen LogP contribution in [0.25, 0.3) is 10.6 Å². The zero-order chi connectivity index (χ0) is 13.3. The summed E-state index contributed by atoms with van der Waals surface area (Å²) in [5.41, 5.74) is 1.68. The molecule has 0 saturated carbocycles. The van der Waals surface area contributed by atoms with Gasteiger partial charge >= 0.3 is 0 Å². The third-order valence-electron chi connectivity index (χ3n) is 2.57. The Kier molecular flexibility index (Phi) is 3.65. The van der Waals surface area contributed by atoms with Crippen LogP contribution >= 0.6 is 22.9 Å². The van der Waals surface area contributed by atoms with Crippen molar-refractivity contribution in [3.8, 4) is 16.6 Å². The van der Waals surface area contributed by atoms with Crippen molar-refractivity contribution >= 4 is 22.9 Å². The zero-order valence-corrected chi connectivity index (χ0v) is 11.9. The highest BCUT2D eigenvalue weighted by atomic mass is 35.5. The van der Waals surface area contributed by atoms with Crippen LogP contribution in [-0.4, -0.2) is 9.97 Å². The van der Waals surface area contributed by atoms with Crippen LogP contribution in [0.15, 0.2) is 12.1 Å². The molecule has 0 amide bonds. The van der Waals surface area contributed by atoms with E-state index < -0.39 is 0 Å². The van der Waals surface area contributed by atoms with Crippen molar-refractivity contribution in [2.45, 2.75) is 26.7 Å². The summed E-state index contributed by atoms with van der Waals surface area (Å²) in [5, 5.41) is 9.35. The molecule has 0 saturated heterocycles. The molecule has 0 aromatic carbocycles. The van der Waals surface area contributed by atoms with Gasteiger partial charge in [0.1, 0.15) is 21.9 Å². The molecule has 0 aliphatic rings. The Morgan fingerprint density at radius 2 is 2.06 bits per heavy atom. The summed E-state index contributed by atoms with van der Waals surface area (Å²) in [6.07, 6.45) is 0. The first-order chi connectivity index (χ1) is 8.52. The number of nitrogens with zero attached hydrogens (tertiary/aromatic N) is 3. The van der Waals surface area contributed by atoms with Gasteiger partial charge in [-0.15, -0.1) is 11.3 Å². The Balaban J connectivity index is 2.59. The van der Waals surface area contributed by atoms with Crippen LogP contribution in [0.4, 0.5) is 0 Å². The van der Waals surface area contributed by atoms with Gasteiger partial charge in [-0.05, 0) is 19.1 Å². The van der Waals surface area contributed by atoms with Crippen LogP contribution in [0.3, 0.4) is 0 Å². The van der Waals surface area contributed by atoms with Crippen LogP contribution in [0.1, 0.15) is 36.0 Å². The Labute approximate surface area is 115 Å². The number of thiophene rings is 1. The Hall–Kier alpha value is -1.44. The molecular weight excluding hydrogens is 266 g/mol. The molecule has 0 fully saturated rings. The summed E-state index contributed by atoms with van der Waals surface area (Å²) in [4.78, 5) is 10.5. The van der Waals surface area contributed by atoms with Crippen LogP contribution < -0.4 is 0 Å². The van der Waals surface area contributed by atoms with Crippen molar-refractivity contribution in [2.24, 2.45) is 0 Å². The lowest BCUT2D eigenvalue weighted by atomic mass is 10.1. The molecule has 2 rings (SSSR count). The van der Waals surface area contributed by atoms with E-state index in [0.717, 1.165) is 22.0 Å². The summed E-state index contributed by atoms with van der Waals surface area (Å²) in [7, 11) is 0. The molecule has 0 atom stereocenters. The number of hydrogen-bond acceptors (Lipinski definition) is 4. The van der Waals surface area contributed by atoms with E-state index in [9.17, 15) is 0 Å². The summed E-state index contributed by atoms with van der Waals surface area (Å²) >= 11 is 7.56. The molecule has 2 aromatic heterocycles. The average molecular weight is 278 g/mol. The van der Waals surface area contributed by atoms with Crippen LogP contribution in [0.2, 0.25) is 5.15 Å². The van der Waals surface area contributed by atoms with Gasteiger partial charge in [-0.1, -0.05) is 25.4 Å². The van der Waals surface area contributed by atoms with Gasteiger partial charge < -0.3 is 0 Å². The molecule has 0 radical (unpaired) electrons. The largest absolute Gasteiger partial charge is 0.231 e. The minimum Gasteiger partial charge on any atom is -0.231 e. The van der Waals surface area contributed by atoms with Gasteiger partial charge in [0.15, 0.2) is 0 Å². The fourth-order valence-electron chi connectivity index (χ4n) is 1.53. The molecule has 0 unspecified atom stereocenters. The van der Waals surface area contributed by atoms with Gasteiger partial charge in [0, 0.05) is 11.5 Å². The molecule has 0 N–H and O–H groups in total. The van der Waals surface area contributed by atoms with Crippen LogP contribution in [0.5, 0.6) is 0 Å². The predicted molar refractivity (Wildman–Crippen MR) is 73.9 cm³/mol. The molecule has 2 heterocycles. The molecule has 18 heavy (non-hydrogen) atoms. The fraction of sp³-hybridized carbons (Fsp3) is 0.308. The van der Waals surface area contributed by atoms with E-state index in [1.807, 2.05) is 26.8 Å². The van der Waals surface area contributed by atoms with E-state index in [1.165, 1.54) is 11.3 Å². The molecule has 3 nitrogen and oxygen atoms in total. The monoisotopic (exact) mass is 277 g/mol. The molecule has 92 valence electrons. The number of aromatic nitrogens is 2. The summed E-state index contributed by atoms with van der Waals surface area (Å²) in [6, 6.07) is 5.83. The molecule has 0 spiro atoms. The lowest BCUT2D eigenvalue weighted by Gasteiger charge is -2.09. The smallest absolute Gasteiger partial charge is 0.136 e. The first kappa shape index (κ1) is 13.0. The van der Waals surface area contributed by atoms with Crippen molar-refractivity contribution < 1.29 is 0 Å². The first-order valence-electron chi connectivity index (χ1n) is 5.57. The third-order valence-corrected chi connectivity index (χ3v) is 3.93. The Bertz CT molecular complexity index is 626. The highest BCUT2D eigenvalue weighted by Gasteiger charge is 2.14. The second kappa shape index (κ2) is 5.05. The van der Waals surface area contributed by atoms with E-state index in [1.54, 1.807) is 6.07 Å². The van der Waals surface area contributed by atoms with Crippen molar-refractivity contribution in [3.05, 3.63) is 33.6 Å². The minimum atomic E-state index is 0.220. The Morgan fingerprint density at radius 1 is 1.33 bits per heavy atom. The zero-order valence-electron chi connectivity index (χ0n) is 10.4. The average Bonchev–Trinajstić information content (AvgIpc) is 2.80. The summed E-state index contributed by atoms with van der Waals surface area (Å²) < 4.78 is 0.